The fourth-order valence-corrected chi connectivity index (χ4v) is 4.20. The van der Waals surface area contributed by atoms with Gasteiger partial charge in [0.05, 0.1) is 17.1 Å². The number of nitrogens with zero attached hydrogens (tertiary/aromatic N) is 2. The minimum Gasteiger partial charge on any atom is -0.444 e. The van der Waals surface area contributed by atoms with Gasteiger partial charge in [-0.1, -0.05) is 11.5 Å². The van der Waals surface area contributed by atoms with Gasteiger partial charge < -0.3 is 9.72 Å². The van der Waals surface area contributed by atoms with E-state index in [0.29, 0.717) is 5.92 Å². The molecule has 1 aromatic heterocycles. The zero-order valence-corrected chi connectivity index (χ0v) is 14.8. The molecular formula is C18H24BN3O2. The zero-order valence-electron chi connectivity index (χ0n) is 14.8. The van der Waals surface area contributed by atoms with Crippen LogP contribution in [0.1, 0.15) is 51.9 Å². The molecule has 1 aliphatic heterocycles. The Labute approximate surface area is 143 Å². The first-order valence-corrected chi connectivity index (χ1v) is 8.79. The van der Waals surface area contributed by atoms with Crippen LogP contribution in [0.15, 0.2) is 18.2 Å². The third-order valence-electron chi connectivity index (χ3n) is 5.13. The standard InChI is InChI=1S/C18H24BN3O2/c1-18(2,3)24-17(23)22-12-6-4-10(8-12)15(22)16-20-13-7-5-11(19)9-14(13)21-16/h5,7,9-10,12,15H,4,6,8,19H2,1-3H3,(H,20,21)/t10-,12+,15-/m0/s1. The minimum atomic E-state index is -0.478. The van der Waals surface area contributed by atoms with Crippen molar-refractivity contribution in [3.05, 3.63) is 24.0 Å². The average Bonchev–Trinajstić information content (AvgIpc) is 3.17. The normalized spacial score (nSPS) is 26.3. The average molecular weight is 325 g/mol. The van der Waals surface area contributed by atoms with Gasteiger partial charge in [0.2, 0.25) is 0 Å². The summed E-state index contributed by atoms with van der Waals surface area (Å²) in [5.41, 5.74) is 2.73. The van der Waals surface area contributed by atoms with E-state index in [0.717, 1.165) is 36.1 Å². The van der Waals surface area contributed by atoms with Gasteiger partial charge in [0, 0.05) is 6.04 Å². The molecule has 2 heterocycles. The second-order valence-corrected chi connectivity index (χ2v) is 8.20. The highest BCUT2D eigenvalue weighted by atomic mass is 16.6. The minimum absolute atomic E-state index is 0.00584. The van der Waals surface area contributed by atoms with Gasteiger partial charge in [0.25, 0.3) is 0 Å². The quantitative estimate of drug-likeness (QED) is 0.819. The molecule has 2 aromatic rings. The van der Waals surface area contributed by atoms with Crippen LogP contribution in [0.4, 0.5) is 4.79 Å². The number of benzene rings is 1. The van der Waals surface area contributed by atoms with Crippen molar-refractivity contribution in [2.45, 2.75) is 57.7 Å². The summed E-state index contributed by atoms with van der Waals surface area (Å²) < 4.78 is 5.66. The van der Waals surface area contributed by atoms with Crippen LogP contribution in [0.5, 0.6) is 0 Å². The molecule has 6 heteroatoms. The molecule has 1 saturated carbocycles. The molecule has 2 bridgehead atoms. The molecule has 1 aromatic carbocycles. The Morgan fingerprint density at radius 3 is 2.92 bits per heavy atom. The third-order valence-corrected chi connectivity index (χ3v) is 5.13. The molecule has 5 nitrogen and oxygen atoms in total. The first kappa shape index (κ1) is 15.5. The molecule has 2 aliphatic rings. The van der Waals surface area contributed by atoms with E-state index < -0.39 is 5.60 Å². The lowest BCUT2D eigenvalue weighted by Gasteiger charge is -2.35. The van der Waals surface area contributed by atoms with Gasteiger partial charge in [0.1, 0.15) is 19.3 Å². The number of fused-ring (bicyclic) bond motifs is 3. The lowest BCUT2D eigenvalue weighted by molar-refractivity contribution is 0.00623. The number of ether oxygens (including phenoxy) is 1. The lowest BCUT2D eigenvalue weighted by atomic mass is 9.96. The zero-order chi connectivity index (χ0) is 17.1. The number of hydrogen-bond donors (Lipinski definition) is 1. The molecule has 4 rings (SSSR count). The Bertz CT molecular complexity index is 795. The van der Waals surface area contributed by atoms with Crippen molar-refractivity contribution in [3.8, 4) is 0 Å². The van der Waals surface area contributed by atoms with Crippen LogP contribution in [0.3, 0.4) is 0 Å². The molecule has 126 valence electrons. The van der Waals surface area contributed by atoms with Gasteiger partial charge >= 0.3 is 6.09 Å². The van der Waals surface area contributed by atoms with E-state index in [-0.39, 0.29) is 18.2 Å². The second-order valence-electron chi connectivity index (χ2n) is 8.20. The summed E-state index contributed by atoms with van der Waals surface area (Å²) in [6.07, 6.45) is 3.07. The Morgan fingerprint density at radius 1 is 1.38 bits per heavy atom. The van der Waals surface area contributed by atoms with Crippen LogP contribution < -0.4 is 5.46 Å². The van der Waals surface area contributed by atoms with E-state index in [9.17, 15) is 4.79 Å². The molecule has 24 heavy (non-hydrogen) atoms. The van der Waals surface area contributed by atoms with Crippen LogP contribution in [0.25, 0.3) is 11.0 Å². The van der Waals surface area contributed by atoms with Crippen LogP contribution >= 0.6 is 0 Å². The number of piperidine rings is 1. The summed E-state index contributed by atoms with van der Waals surface area (Å²) in [6, 6.07) is 6.50. The van der Waals surface area contributed by atoms with E-state index in [1.165, 1.54) is 5.46 Å². The highest BCUT2D eigenvalue weighted by molar-refractivity contribution is 6.33. The summed E-state index contributed by atoms with van der Waals surface area (Å²) in [5, 5.41) is 0. The van der Waals surface area contributed by atoms with Crippen molar-refractivity contribution in [1.82, 2.24) is 14.9 Å². The number of nitrogens with one attached hydrogen (secondary N) is 1. The number of likely N-dealkylation sites (tertiary alicyclic amines) is 1. The van der Waals surface area contributed by atoms with Crippen molar-refractivity contribution < 1.29 is 9.53 Å². The van der Waals surface area contributed by atoms with Gasteiger partial charge in [0.15, 0.2) is 0 Å². The maximum Gasteiger partial charge on any atom is 0.411 e. The Kier molecular flexibility index (Phi) is 3.41. The molecule has 1 aliphatic carbocycles. The number of amides is 1. The fourth-order valence-electron chi connectivity index (χ4n) is 4.20. The number of carbonyl (C=O) groups excluding carboxylic acids is 1. The largest absolute Gasteiger partial charge is 0.444 e. The Hall–Kier alpha value is -1.98. The molecule has 0 unspecified atom stereocenters. The molecule has 0 radical (unpaired) electrons. The van der Waals surface area contributed by atoms with Gasteiger partial charge in [-0.2, -0.15) is 0 Å². The molecular weight excluding hydrogens is 301 g/mol. The molecule has 0 spiro atoms. The predicted molar refractivity (Wildman–Crippen MR) is 96.2 cm³/mol. The summed E-state index contributed by atoms with van der Waals surface area (Å²) in [5.74, 6) is 1.37. The molecule has 1 saturated heterocycles. The first-order valence-electron chi connectivity index (χ1n) is 8.79. The fraction of sp³-hybridized carbons (Fsp3) is 0.556. The number of rotatable bonds is 1. The maximum absolute atomic E-state index is 12.8. The summed E-state index contributed by atoms with van der Waals surface area (Å²) in [6.45, 7) is 5.74. The number of imidazole rings is 1. The van der Waals surface area contributed by atoms with Crippen molar-refractivity contribution in [1.29, 1.82) is 0 Å². The van der Waals surface area contributed by atoms with Crippen molar-refractivity contribution >= 4 is 30.4 Å². The predicted octanol–water partition coefficient (Wildman–Crippen LogP) is 2.28. The molecule has 1 amide bonds. The van der Waals surface area contributed by atoms with Crippen LogP contribution in [-0.4, -0.2) is 40.5 Å². The van der Waals surface area contributed by atoms with Crippen LogP contribution in [-0.2, 0) is 4.74 Å². The van der Waals surface area contributed by atoms with Crippen LogP contribution in [0.2, 0.25) is 0 Å². The number of carbonyl (C=O) groups is 1. The van der Waals surface area contributed by atoms with E-state index in [2.05, 4.69) is 25.0 Å². The number of aromatic nitrogens is 2. The highest BCUT2D eigenvalue weighted by Crippen LogP contribution is 2.50. The van der Waals surface area contributed by atoms with Crippen molar-refractivity contribution in [2.75, 3.05) is 0 Å². The lowest BCUT2D eigenvalue weighted by Crippen LogP contribution is -2.43. The van der Waals surface area contributed by atoms with E-state index in [1.54, 1.807) is 0 Å². The smallest absolute Gasteiger partial charge is 0.411 e. The van der Waals surface area contributed by atoms with E-state index >= 15 is 0 Å². The number of H-pyrrole nitrogens is 1. The Balaban J connectivity index is 1.69. The topological polar surface area (TPSA) is 58.2 Å². The van der Waals surface area contributed by atoms with Gasteiger partial charge in [-0.25, -0.2) is 9.78 Å². The summed E-state index contributed by atoms with van der Waals surface area (Å²) >= 11 is 0. The summed E-state index contributed by atoms with van der Waals surface area (Å²) in [4.78, 5) is 22.9. The van der Waals surface area contributed by atoms with Crippen molar-refractivity contribution in [2.24, 2.45) is 5.92 Å². The SMILES string of the molecule is Bc1ccc2nc([C@@H]3[C@H]4CC[C@H](C4)N3C(=O)OC(C)(C)C)[nH]c2c1. The van der Waals surface area contributed by atoms with Crippen molar-refractivity contribution in [3.63, 3.8) is 0 Å². The maximum atomic E-state index is 12.8. The Morgan fingerprint density at radius 2 is 2.17 bits per heavy atom. The highest BCUT2D eigenvalue weighted by Gasteiger charge is 2.51. The van der Waals surface area contributed by atoms with Crippen LogP contribution in [0, 0.1) is 5.92 Å². The molecule has 1 N–H and O–H groups in total. The van der Waals surface area contributed by atoms with E-state index in [4.69, 9.17) is 9.72 Å². The second kappa shape index (κ2) is 5.26. The van der Waals surface area contributed by atoms with E-state index in [1.807, 2.05) is 31.7 Å². The van der Waals surface area contributed by atoms with Gasteiger partial charge in [-0.05, 0) is 58.1 Å². The number of hydrogen-bond acceptors (Lipinski definition) is 3. The monoisotopic (exact) mass is 325 g/mol. The third kappa shape index (κ3) is 2.58. The molecule has 2 fully saturated rings. The first-order chi connectivity index (χ1) is 11.3. The van der Waals surface area contributed by atoms with Gasteiger partial charge in [-0.15, -0.1) is 0 Å². The summed E-state index contributed by atoms with van der Waals surface area (Å²) in [7, 11) is 2.07. The number of aromatic amines is 1. The molecule has 3 atom stereocenters. The van der Waals surface area contributed by atoms with Gasteiger partial charge in [-0.3, -0.25) is 4.90 Å².